The van der Waals surface area contributed by atoms with Crippen LogP contribution in [0.3, 0.4) is 0 Å². The minimum Gasteiger partial charge on any atom is -0.491 e. The van der Waals surface area contributed by atoms with Gasteiger partial charge in [-0.05, 0) is 42.5 Å². The highest BCUT2D eigenvalue weighted by Crippen LogP contribution is 2.34. The summed E-state index contributed by atoms with van der Waals surface area (Å²) >= 11 is 7.31. The van der Waals surface area contributed by atoms with Crippen molar-refractivity contribution in [3.63, 3.8) is 0 Å². The lowest BCUT2D eigenvalue weighted by molar-refractivity contribution is -0.141. The van der Waals surface area contributed by atoms with E-state index in [-0.39, 0.29) is 32.0 Å². The largest absolute Gasteiger partial charge is 0.491 e. The minimum atomic E-state index is -0.958. The van der Waals surface area contributed by atoms with Crippen LogP contribution in [-0.2, 0) is 14.3 Å². The number of anilines is 1. The van der Waals surface area contributed by atoms with Crippen LogP contribution in [0.1, 0.15) is 18.1 Å². The summed E-state index contributed by atoms with van der Waals surface area (Å²) in [5.41, 5.74) is 1.07. The number of esters is 1. The molecule has 0 aliphatic rings. The molecule has 0 bridgehead atoms. The molecule has 10 heteroatoms. The summed E-state index contributed by atoms with van der Waals surface area (Å²) in [4.78, 5) is 24.7. The molecule has 0 fully saturated rings. The summed E-state index contributed by atoms with van der Waals surface area (Å²) in [6.45, 7) is -0.114. The van der Waals surface area contributed by atoms with Crippen molar-refractivity contribution in [2.45, 2.75) is 18.6 Å². The van der Waals surface area contributed by atoms with E-state index in [1.165, 1.54) is 0 Å². The third-order valence-corrected chi connectivity index (χ3v) is 5.85. The molecule has 2 atom stereocenters. The second-order valence-corrected chi connectivity index (χ2v) is 8.94. The van der Waals surface area contributed by atoms with Crippen molar-refractivity contribution < 1.29 is 33.6 Å². The predicted molar refractivity (Wildman–Crippen MR) is 146 cm³/mol. The number of amides is 1. The molecular weight excluding hydrogens is 562 g/mol. The van der Waals surface area contributed by atoms with Gasteiger partial charge in [0.1, 0.15) is 24.2 Å². The van der Waals surface area contributed by atoms with Gasteiger partial charge in [0.2, 0.25) is 0 Å². The summed E-state index contributed by atoms with van der Waals surface area (Å²) in [7, 11) is 0. The summed E-state index contributed by atoms with van der Waals surface area (Å²) < 4.78 is 24.0. The monoisotopic (exact) mass is 589 g/mol. The smallest absolute Gasteiger partial charge is 0.412 e. The molecule has 0 spiro atoms. The number of aliphatic hydroxyl groups is 1. The van der Waals surface area contributed by atoms with Gasteiger partial charge in [-0.1, -0.05) is 52.3 Å². The van der Waals surface area contributed by atoms with Crippen LogP contribution in [0.5, 0.6) is 11.5 Å². The normalized spacial score (nSPS) is 12.2. The van der Waals surface area contributed by atoms with E-state index in [0.717, 1.165) is 4.47 Å². The molecule has 0 aliphatic heterocycles. The van der Waals surface area contributed by atoms with E-state index in [1.807, 2.05) is 18.2 Å². The number of carbonyl (C=O) groups excluding carboxylic acids is 2. The van der Waals surface area contributed by atoms with Crippen LogP contribution in [-0.4, -0.2) is 48.8 Å². The lowest BCUT2D eigenvalue weighted by atomic mass is 10.0. The van der Waals surface area contributed by atoms with Crippen LogP contribution in [0, 0.1) is 0 Å². The Labute approximate surface area is 229 Å². The highest BCUT2D eigenvalue weighted by molar-refractivity contribution is 9.10. The first-order valence-electron chi connectivity index (χ1n) is 11.5. The van der Waals surface area contributed by atoms with Crippen molar-refractivity contribution in [1.82, 2.24) is 0 Å². The standard InChI is InChI=1S/C27H28BrNO7S/c28-19-10-12-20(13-11-19)29-27(32)36-26(22-8-4-5-9-23(22)33-17-15-30)24(14-16-34-25(31)18-37)35-21-6-2-1-3-7-21/h1-13,24,26,30,37H,14-18H2,(H,29,32)/t24-,26-/m1/s1. The summed E-state index contributed by atoms with van der Waals surface area (Å²) in [5, 5.41) is 12.0. The quantitative estimate of drug-likeness (QED) is 0.181. The van der Waals surface area contributed by atoms with Gasteiger partial charge in [0.15, 0.2) is 6.10 Å². The average molecular weight is 590 g/mol. The zero-order valence-electron chi connectivity index (χ0n) is 19.9. The van der Waals surface area contributed by atoms with Gasteiger partial charge in [-0.2, -0.15) is 12.6 Å². The van der Waals surface area contributed by atoms with Crippen LogP contribution in [0.2, 0.25) is 0 Å². The van der Waals surface area contributed by atoms with E-state index in [9.17, 15) is 14.7 Å². The Morgan fingerprint density at radius 3 is 2.35 bits per heavy atom. The van der Waals surface area contributed by atoms with Crippen LogP contribution >= 0.6 is 28.6 Å². The number of para-hydroxylation sites is 2. The van der Waals surface area contributed by atoms with E-state index < -0.39 is 24.3 Å². The van der Waals surface area contributed by atoms with Crippen molar-refractivity contribution in [1.29, 1.82) is 0 Å². The molecule has 0 aliphatic carbocycles. The molecule has 0 saturated heterocycles. The maximum atomic E-state index is 13.0. The van der Waals surface area contributed by atoms with Crippen molar-refractivity contribution in [3.05, 3.63) is 88.9 Å². The molecule has 0 radical (unpaired) electrons. The molecule has 8 nitrogen and oxygen atoms in total. The Hall–Kier alpha value is -3.21. The van der Waals surface area contributed by atoms with Crippen LogP contribution < -0.4 is 14.8 Å². The number of nitrogens with one attached hydrogen (secondary N) is 1. The van der Waals surface area contributed by atoms with E-state index in [4.69, 9.17) is 18.9 Å². The maximum absolute atomic E-state index is 13.0. The molecule has 3 rings (SSSR count). The Morgan fingerprint density at radius 2 is 1.65 bits per heavy atom. The Bertz CT molecular complexity index is 1130. The first-order valence-corrected chi connectivity index (χ1v) is 13.0. The van der Waals surface area contributed by atoms with Crippen molar-refractivity contribution in [2.75, 3.05) is 30.9 Å². The first-order chi connectivity index (χ1) is 18.0. The summed E-state index contributed by atoms with van der Waals surface area (Å²) in [6, 6.07) is 23.1. The van der Waals surface area contributed by atoms with Gasteiger partial charge in [-0.25, -0.2) is 4.79 Å². The van der Waals surface area contributed by atoms with Crippen LogP contribution in [0.4, 0.5) is 10.5 Å². The number of benzene rings is 3. The molecule has 0 heterocycles. The average Bonchev–Trinajstić information content (AvgIpc) is 2.92. The second-order valence-electron chi connectivity index (χ2n) is 7.70. The van der Waals surface area contributed by atoms with Gasteiger partial charge >= 0.3 is 12.1 Å². The fraction of sp³-hybridized carbons (Fsp3) is 0.259. The lowest BCUT2D eigenvalue weighted by Crippen LogP contribution is -2.32. The maximum Gasteiger partial charge on any atom is 0.412 e. The number of ether oxygens (including phenoxy) is 4. The number of halogens is 1. The molecular formula is C27H28BrNO7S. The van der Waals surface area contributed by atoms with Gasteiger partial charge < -0.3 is 24.1 Å². The van der Waals surface area contributed by atoms with E-state index in [0.29, 0.717) is 22.7 Å². The Morgan fingerprint density at radius 1 is 0.946 bits per heavy atom. The molecule has 2 N–H and O–H groups in total. The van der Waals surface area contributed by atoms with Crippen LogP contribution in [0.15, 0.2) is 83.3 Å². The number of hydrogen-bond acceptors (Lipinski definition) is 8. The van der Waals surface area contributed by atoms with Gasteiger partial charge in [0.05, 0.1) is 19.0 Å². The Kier molecular flexibility index (Phi) is 11.6. The number of hydrogen-bond donors (Lipinski definition) is 3. The molecule has 196 valence electrons. The van der Waals surface area contributed by atoms with Gasteiger partial charge in [0.25, 0.3) is 0 Å². The van der Waals surface area contributed by atoms with Crippen molar-refractivity contribution >= 4 is 46.3 Å². The highest BCUT2D eigenvalue weighted by atomic mass is 79.9. The van der Waals surface area contributed by atoms with Gasteiger partial charge in [0, 0.05) is 22.1 Å². The second kappa shape index (κ2) is 15.1. The third-order valence-electron chi connectivity index (χ3n) is 5.06. The summed E-state index contributed by atoms with van der Waals surface area (Å²) in [6.07, 6.45) is -2.22. The minimum absolute atomic E-state index is 0.0186. The zero-order chi connectivity index (χ0) is 26.5. The first kappa shape index (κ1) is 28.4. The van der Waals surface area contributed by atoms with Crippen molar-refractivity contribution in [3.8, 4) is 11.5 Å². The predicted octanol–water partition coefficient (Wildman–Crippen LogP) is 5.42. The van der Waals surface area contributed by atoms with Gasteiger partial charge in [-0.15, -0.1) is 0 Å². The van der Waals surface area contributed by atoms with Crippen LogP contribution in [0.25, 0.3) is 0 Å². The SMILES string of the molecule is O=C(CS)OCC[C@@H](Oc1ccccc1)[C@H](OC(=O)Nc1ccc(Br)cc1)c1ccccc1OCCO. The molecule has 37 heavy (non-hydrogen) atoms. The van der Waals surface area contributed by atoms with E-state index >= 15 is 0 Å². The lowest BCUT2D eigenvalue weighted by Gasteiger charge is -2.29. The highest BCUT2D eigenvalue weighted by Gasteiger charge is 2.32. The molecule has 0 saturated carbocycles. The molecule has 3 aromatic carbocycles. The Balaban J connectivity index is 1.93. The number of rotatable bonds is 13. The zero-order valence-corrected chi connectivity index (χ0v) is 22.4. The van der Waals surface area contributed by atoms with E-state index in [2.05, 4.69) is 33.9 Å². The molecule has 3 aromatic rings. The molecule has 0 unspecified atom stereocenters. The van der Waals surface area contributed by atoms with Crippen molar-refractivity contribution in [2.24, 2.45) is 0 Å². The van der Waals surface area contributed by atoms with Gasteiger partial charge in [-0.3, -0.25) is 10.1 Å². The van der Waals surface area contributed by atoms with E-state index in [1.54, 1.807) is 60.7 Å². The molecule has 0 aromatic heterocycles. The molecule has 1 amide bonds. The number of carbonyl (C=O) groups is 2. The number of thiol groups is 1. The fourth-order valence-corrected chi connectivity index (χ4v) is 3.77. The third kappa shape index (κ3) is 9.31. The number of aliphatic hydroxyl groups excluding tert-OH is 1. The fourth-order valence-electron chi connectivity index (χ4n) is 3.42. The summed E-state index contributed by atoms with van der Waals surface area (Å²) in [5.74, 6) is 0.437. The topological polar surface area (TPSA) is 103 Å².